The van der Waals surface area contributed by atoms with Crippen LogP contribution in [0.15, 0.2) is 5.29 Å². The molecule has 0 unspecified atom stereocenters. The first-order chi connectivity index (χ1) is 5.70. The highest BCUT2D eigenvalue weighted by Gasteiger charge is 2.06. The number of carboxylic acids is 1. The van der Waals surface area contributed by atoms with Crippen LogP contribution in [0.2, 0.25) is 0 Å². The van der Waals surface area contributed by atoms with Gasteiger partial charge in [-0.05, 0) is 6.42 Å². The summed E-state index contributed by atoms with van der Waals surface area (Å²) in [6.07, 6.45) is 2.85. The highest BCUT2D eigenvalue weighted by atomic mass is 16.4. The van der Waals surface area contributed by atoms with Gasteiger partial charge in [0.2, 0.25) is 0 Å². The molecule has 0 fully saturated rings. The van der Waals surface area contributed by atoms with Crippen LogP contribution in [-0.2, 0) is 4.79 Å². The molecule has 0 atom stereocenters. The Hall–Kier alpha value is -1.13. The molecule has 12 heavy (non-hydrogen) atoms. The van der Waals surface area contributed by atoms with Gasteiger partial charge in [0.15, 0.2) is 0 Å². The van der Waals surface area contributed by atoms with E-state index in [1.54, 1.807) is 0 Å². The van der Waals surface area contributed by atoms with Crippen LogP contribution in [-0.4, -0.2) is 29.2 Å². The number of hydrogen-bond acceptors (Lipinski definition) is 3. The van der Waals surface area contributed by atoms with Gasteiger partial charge < -0.3 is 5.11 Å². The van der Waals surface area contributed by atoms with Gasteiger partial charge in [0, 0.05) is 6.54 Å². The van der Waals surface area contributed by atoms with Crippen LogP contribution in [0.3, 0.4) is 0 Å². The van der Waals surface area contributed by atoms with Gasteiger partial charge in [-0.25, -0.2) is 5.01 Å². The topological polar surface area (TPSA) is 70.0 Å². The van der Waals surface area contributed by atoms with E-state index in [1.165, 1.54) is 0 Å². The molecule has 0 amide bonds. The standard InChI is InChI=1S/C7H14N2O3/c1-2-3-4-5-9(8-12)6-7(10)11/h2-6H2,1H3,(H,10,11). The summed E-state index contributed by atoms with van der Waals surface area (Å²) < 4.78 is 0. The molecule has 0 rings (SSSR count). The van der Waals surface area contributed by atoms with Crippen molar-refractivity contribution in [2.45, 2.75) is 26.2 Å². The van der Waals surface area contributed by atoms with Gasteiger partial charge in [0.1, 0.15) is 6.54 Å². The van der Waals surface area contributed by atoms with Crippen molar-refractivity contribution in [3.8, 4) is 0 Å². The maximum absolute atomic E-state index is 10.2. The predicted molar refractivity (Wildman–Crippen MR) is 44.5 cm³/mol. The highest BCUT2D eigenvalue weighted by molar-refractivity contribution is 5.68. The molecule has 0 aromatic carbocycles. The molecule has 1 N–H and O–H groups in total. The van der Waals surface area contributed by atoms with E-state index in [4.69, 9.17) is 5.11 Å². The number of unbranched alkanes of at least 4 members (excludes halogenated alkanes) is 2. The third kappa shape index (κ3) is 5.64. The molecule has 5 heteroatoms. The summed E-state index contributed by atoms with van der Waals surface area (Å²) >= 11 is 0. The smallest absolute Gasteiger partial charge is 0.324 e. The summed E-state index contributed by atoms with van der Waals surface area (Å²) in [6, 6.07) is 0. The van der Waals surface area contributed by atoms with Crippen molar-refractivity contribution in [3.05, 3.63) is 4.91 Å². The van der Waals surface area contributed by atoms with Crippen LogP contribution in [0.1, 0.15) is 26.2 Å². The van der Waals surface area contributed by atoms with E-state index >= 15 is 0 Å². The Morgan fingerprint density at radius 1 is 1.50 bits per heavy atom. The normalized spacial score (nSPS) is 9.42. The second-order valence-electron chi connectivity index (χ2n) is 2.57. The summed E-state index contributed by atoms with van der Waals surface area (Å²) in [7, 11) is 0. The van der Waals surface area contributed by atoms with E-state index in [9.17, 15) is 9.70 Å². The third-order valence-corrected chi connectivity index (χ3v) is 1.45. The Labute approximate surface area is 71.3 Å². The van der Waals surface area contributed by atoms with Gasteiger partial charge in [-0.1, -0.05) is 19.8 Å². The van der Waals surface area contributed by atoms with E-state index in [0.717, 1.165) is 24.3 Å². The van der Waals surface area contributed by atoms with Crippen molar-refractivity contribution < 1.29 is 9.90 Å². The first-order valence-electron chi connectivity index (χ1n) is 4.00. The minimum Gasteiger partial charge on any atom is -0.480 e. The van der Waals surface area contributed by atoms with Gasteiger partial charge >= 0.3 is 5.97 Å². The molecule has 0 aromatic rings. The average molecular weight is 174 g/mol. The van der Waals surface area contributed by atoms with Crippen LogP contribution in [0, 0.1) is 4.91 Å². The second-order valence-corrected chi connectivity index (χ2v) is 2.57. The Bertz CT molecular complexity index is 150. The van der Waals surface area contributed by atoms with Gasteiger partial charge in [0.25, 0.3) is 0 Å². The molecule has 0 aromatic heterocycles. The van der Waals surface area contributed by atoms with Crippen molar-refractivity contribution >= 4 is 5.97 Å². The molecule has 0 radical (unpaired) electrons. The van der Waals surface area contributed by atoms with Gasteiger partial charge in [-0.15, -0.1) is 4.91 Å². The van der Waals surface area contributed by atoms with E-state index in [-0.39, 0.29) is 6.54 Å². The lowest BCUT2D eigenvalue weighted by Crippen LogP contribution is -2.25. The predicted octanol–water partition coefficient (Wildman–Crippen LogP) is 1.24. The molecule has 70 valence electrons. The van der Waals surface area contributed by atoms with Crippen LogP contribution in [0.4, 0.5) is 0 Å². The fourth-order valence-corrected chi connectivity index (χ4v) is 0.849. The molecule has 0 heterocycles. The van der Waals surface area contributed by atoms with Crippen LogP contribution >= 0.6 is 0 Å². The Balaban J connectivity index is 3.53. The lowest BCUT2D eigenvalue weighted by Gasteiger charge is -2.11. The van der Waals surface area contributed by atoms with Crippen molar-refractivity contribution in [2.24, 2.45) is 5.29 Å². The fourth-order valence-electron chi connectivity index (χ4n) is 0.849. The molecule has 0 aliphatic carbocycles. The largest absolute Gasteiger partial charge is 0.480 e. The first-order valence-corrected chi connectivity index (χ1v) is 4.00. The zero-order valence-electron chi connectivity index (χ0n) is 7.19. The van der Waals surface area contributed by atoms with E-state index < -0.39 is 5.97 Å². The number of hydrogen-bond donors (Lipinski definition) is 1. The average Bonchev–Trinajstić information content (AvgIpc) is 2.02. The van der Waals surface area contributed by atoms with Crippen LogP contribution < -0.4 is 0 Å². The number of aliphatic carboxylic acids is 1. The summed E-state index contributed by atoms with van der Waals surface area (Å²) in [5.74, 6) is -1.02. The van der Waals surface area contributed by atoms with Crippen molar-refractivity contribution in [1.29, 1.82) is 0 Å². The Kier molecular flexibility index (Phi) is 5.95. The number of rotatable bonds is 7. The van der Waals surface area contributed by atoms with E-state index in [1.807, 2.05) is 6.92 Å². The number of carboxylic acid groups (broad SMARTS) is 1. The number of nitrogens with zero attached hydrogens (tertiary/aromatic N) is 2. The summed E-state index contributed by atoms with van der Waals surface area (Å²) in [5.41, 5.74) is 0. The SMILES string of the molecule is CCCCCN(CC(=O)O)N=O. The van der Waals surface area contributed by atoms with Gasteiger partial charge in [-0.2, -0.15) is 0 Å². The van der Waals surface area contributed by atoms with Crippen molar-refractivity contribution in [3.63, 3.8) is 0 Å². The zero-order chi connectivity index (χ0) is 9.40. The minimum atomic E-state index is -1.02. The van der Waals surface area contributed by atoms with Gasteiger partial charge in [0.05, 0.1) is 5.29 Å². The fraction of sp³-hybridized carbons (Fsp3) is 0.857. The maximum atomic E-state index is 10.2. The van der Waals surface area contributed by atoms with E-state index in [2.05, 4.69) is 5.29 Å². The zero-order valence-corrected chi connectivity index (χ0v) is 7.19. The second kappa shape index (κ2) is 6.57. The van der Waals surface area contributed by atoms with Crippen molar-refractivity contribution in [1.82, 2.24) is 5.01 Å². The summed E-state index contributed by atoms with van der Waals surface area (Å²) in [6.45, 7) is 2.17. The number of nitroso groups, excluding NO2 is 1. The lowest BCUT2D eigenvalue weighted by molar-refractivity contribution is -0.138. The summed E-state index contributed by atoms with van der Waals surface area (Å²) in [5, 5.41) is 12.0. The molecule has 5 nitrogen and oxygen atoms in total. The van der Waals surface area contributed by atoms with Crippen molar-refractivity contribution in [2.75, 3.05) is 13.1 Å². The van der Waals surface area contributed by atoms with Crippen LogP contribution in [0.5, 0.6) is 0 Å². The minimum absolute atomic E-state index is 0.298. The lowest BCUT2D eigenvalue weighted by atomic mass is 10.2. The third-order valence-electron chi connectivity index (χ3n) is 1.45. The molecule has 0 saturated carbocycles. The van der Waals surface area contributed by atoms with Crippen LogP contribution in [0.25, 0.3) is 0 Å². The Morgan fingerprint density at radius 2 is 2.17 bits per heavy atom. The monoisotopic (exact) mass is 174 g/mol. The first kappa shape index (κ1) is 10.9. The molecule has 0 bridgehead atoms. The Morgan fingerprint density at radius 3 is 2.58 bits per heavy atom. The number of carbonyl (C=O) groups is 1. The van der Waals surface area contributed by atoms with Gasteiger partial charge in [-0.3, -0.25) is 4.79 Å². The molecule has 0 spiro atoms. The molecular formula is C7H14N2O3. The highest BCUT2D eigenvalue weighted by Crippen LogP contribution is 1.98. The molecular weight excluding hydrogens is 160 g/mol. The maximum Gasteiger partial charge on any atom is 0.324 e. The quantitative estimate of drug-likeness (QED) is 0.358. The molecule has 0 aliphatic rings. The summed E-state index contributed by atoms with van der Waals surface area (Å²) in [4.78, 5) is 20.2. The molecule has 0 saturated heterocycles. The van der Waals surface area contributed by atoms with E-state index in [0.29, 0.717) is 6.54 Å². The molecule has 0 aliphatic heterocycles.